The number of ether oxygens (including phenoxy) is 1. The Morgan fingerprint density at radius 1 is 1.16 bits per heavy atom. The molecule has 1 aliphatic carbocycles. The van der Waals surface area contributed by atoms with Crippen molar-refractivity contribution in [3.05, 3.63) is 47.4 Å². The molecule has 3 heterocycles. The van der Waals surface area contributed by atoms with E-state index in [2.05, 4.69) is 45.7 Å². The number of benzene rings is 1. The van der Waals surface area contributed by atoms with Crippen LogP contribution in [0.25, 0.3) is 0 Å². The zero-order chi connectivity index (χ0) is 27.2. The van der Waals surface area contributed by atoms with Crippen LogP contribution in [0.4, 0.5) is 19.0 Å². The van der Waals surface area contributed by atoms with E-state index >= 15 is 0 Å². The summed E-state index contributed by atoms with van der Waals surface area (Å²) < 4.78 is 42.0. The molecule has 38 heavy (non-hydrogen) atoms. The summed E-state index contributed by atoms with van der Waals surface area (Å²) in [5, 5.41) is 13.9. The summed E-state index contributed by atoms with van der Waals surface area (Å²) in [6, 6.07) is 5.53. The molecule has 8 nitrogen and oxygen atoms in total. The highest BCUT2D eigenvalue weighted by molar-refractivity contribution is 5.85. The Balaban J connectivity index is 1.33. The molecular weight excluding hydrogens is 499 g/mol. The summed E-state index contributed by atoms with van der Waals surface area (Å²) in [7, 11) is 0. The summed E-state index contributed by atoms with van der Waals surface area (Å²) in [6.45, 7) is 8.41. The number of hydrogen-bond acceptors (Lipinski definition) is 7. The predicted molar refractivity (Wildman–Crippen MR) is 135 cm³/mol. The van der Waals surface area contributed by atoms with Crippen molar-refractivity contribution in [2.75, 3.05) is 31.1 Å². The number of nitrogens with zero attached hydrogens (tertiary/aromatic N) is 4. The maximum atomic E-state index is 13.9. The van der Waals surface area contributed by atoms with Crippen molar-refractivity contribution in [3.8, 4) is 5.75 Å². The number of alkyl halides is 3. The number of aliphatic hydroxyl groups excluding tert-OH is 1. The van der Waals surface area contributed by atoms with Crippen LogP contribution in [-0.2, 0) is 4.79 Å². The molecule has 2 N–H and O–H groups in total. The fourth-order valence-corrected chi connectivity index (χ4v) is 6.13. The van der Waals surface area contributed by atoms with E-state index in [4.69, 9.17) is 0 Å². The van der Waals surface area contributed by atoms with Crippen LogP contribution in [0.1, 0.15) is 74.8 Å². The van der Waals surface area contributed by atoms with Crippen LogP contribution in [0.3, 0.4) is 0 Å². The molecule has 1 amide bonds. The van der Waals surface area contributed by atoms with E-state index in [1.165, 1.54) is 18.5 Å². The van der Waals surface area contributed by atoms with Crippen molar-refractivity contribution >= 4 is 11.7 Å². The third-order valence-corrected chi connectivity index (χ3v) is 7.97. The molecule has 0 radical (unpaired) electrons. The normalized spacial score (nSPS) is 25.8. The smallest absolute Gasteiger partial charge is 0.406 e. The molecule has 11 heteroatoms. The molecule has 4 atom stereocenters. The Bertz CT molecular complexity index is 1170. The van der Waals surface area contributed by atoms with Gasteiger partial charge in [-0.3, -0.25) is 4.79 Å². The van der Waals surface area contributed by atoms with Crippen molar-refractivity contribution in [2.24, 2.45) is 0 Å². The van der Waals surface area contributed by atoms with Gasteiger partial charge in [0.1, 0.15) is 17.9 Å². The van der Waals surface area contributed by atoms with Gasteiger partial charge < -0.3 is 25.0 Å². The summed E-state index contributed by atoms with van der Waals surface area (Å²) in [6.07, 6.45) is -1.55. The lowest BCUT2D eigenvalue weighted by Crippen LogP contribution is -2.53. The molecule has 1 aromatic heterocycles. The maximum absolute atomic E-state index is 13.9. The van der Waals surface area contributed by atoms with Gasteiger partial charge in [0.25, 0.3) is 0 Å². The van der Waals surface area contributed by atoms with E-state index < -0.39 is 18.4 Å². The Kier molecular flexibility index (Phi) is 7.02. The first-order chi connectivity index (χ1) is 17.9. The second-order valence-corrected chi connectivity index (χ2v) is 11.2. The fourth-order valence-electron chi connectivity index (χ4n) is 6.13. The zero-order valence-corrected chi connectivity index (χ0v) is 21.8. The van der Waals surface area contributed by atoms with Gasteiger partial charge in [0, 0.05) is 43.3 Å². The van der Waals surface area contributed by atoms with Crippen LogP contribution < -0.4 is 15.0 Å². The number of aromatic nitrogens is 2. The molecule has 206 valence electrons. The van der Waals surface area contributed by atoms with Gasteiger partial charge in [-0.1, -0.05) is 19.1 Å². The number of nitrogens with one attached hydrogen (secondary N) is 1. The highest BCUT2D eigenvalue weighted by Gasteiger charge is 2.41. The van der Waals surface area contributed by atoms with Crippen LogP contribution in [0, 0.1) is 0 Å². The fraction of sp³-hybridized carbons (Fsp3) is 0.593. The molecular formula is C27H34F3N5O3. The van der Waals surface area contributed by atoms with Crippen LogP contribution in [0.5, 0.6) is 5.75 Å². The lowest BCUT2D eigenvalue weighted by atomic mass is 9.88. The van der Waals surface area contributed by atoms with Crippen molar-refractivity contribution in [2.45, 2.75) is 75.9 Å². The number of rotatable bonds is 5. The molecule has 2 fully saturated rings. The molecule has 2 saturated heterocycles. The number of amides is 1. The minimum Gasteiger partial charge on any atom is -0.406 e. The average molecular weight is 534 g/mol. The summed E-state index contributed by atoms with van der Waals surface area (Å²) >= 11 is 0. The minimum absolute atomic E-state index is 0.0407. The quantitative estimate of drug-likeness (QED) is 0.603. The molecule has 3 aliphatic rings. The first-order valence-electron chi connectivity index (χ1n) is 13.1. The SMILES string of the molecule is C[C@@H]1C[C@@H](O)c2ncnc(N3CCN(C(=O)[C@@H](c4ccc(OC(F)(F)F)cc4)[C@@H]4CCC(C)(C)N4)CC3)c21. The van der Waals surface area contributed by atoms with Crippen molar-refractivity contribution in [1.82, 2.24) is 20.2 Å². The minimum atomic E-state index is -4.77. The number of carbonyl (C=O) groups excluding carboxylic acids is 1. The van der Waals surface area contributed by atoms with Crippen LogP contribution in [0.2, 0.25) is 0 Å². The largest absolute Gasteiger partial charge is 0.573 e. The van der Waals surface area contributed by atoms with Gasteiger partial charge in [-0.05, 0) is 56.7 Å². The number of carbonyl (C=O) groups is 1. The topological polar surface area (TPSA) is 90.8 Å². The molecule has 0 unspecified atom stereocenters. The Morgan fingerprint density at radius 3 is 2.45 bits per heavy atom. The van der Waals surface area contributed by atoms with Crippen LogP contribution in [0.15, 0.2) is 30.6 Å². The number of fused-ring (bicyclic) bond motifs is 1. The maximum Gasteiger partial charge on any atom is 0.573 e. The lowest BCUT2D eigenvalue weighted by Gasteiger charge is -2.39. The first-order valence-corrected chi connectivity index (χ1v) is 13.1. The lowest BCUT2D eigenvalue weighted by molar-refractivity contribution is -0.274. The number of aliphatic hydroxyl groups is 1. The summed E-state index contributed by atoms with van der Waals surface area (Å²) in [5.74, 6) is 0.101. The third-order valence-electron chi connectivity index (χ3n) is 7.97. The number of halogens is 3. The molecule has 0 spiro atoms. The van der Waals surface area contributed by atoms with E-state index in [1.54, 1.807) is 12.1 Å². The Labute approximate surface area is 220 Å². The van der Waals surface area contributed by atoms with E-state index in [-0.39, 0.29) is 29.2 Å². The van der Waals surface area contributed by atoms with Crippen LogP contribution >= 0.6 is 0 Å². The first kappa shape index (κ1) is 26.7. The van der Waals surface area contributed by atoms with Gasteiger partial charge >= 0.3 is 6.36 Å². The number of anilines is 1. The van der Waals surface area contributed by atoms with Gasteiger partial charge in [0.2, 0.25) is 5.91 Å². The molecule has 2 aromatic rings. The predicted octanol–water partition coefficient (Wildman–Crippen LogP) is 3.88. The van der Waals surface area contributed by atoms with Crippen molar-refractivity contribution in [1.29, 1.82) is 0 Å². The van der Waals surface area contributed by atoms with Crippen molar-refractivity contribution < 1.29 is 27.8 Å². The average Bonchev–Trinajstić information content (AvgIpc) is 3.37. The van der Waals surface area contributed by atoms with E-state index in [0.29, 0.717) is 43.9 Å². The van der Waals surface area contributed by atoms with Gasteiger partial charge in [0.05, 0.1) is 17.7 Å². The summed E-state index contributed by atoms with van der Waals surface area (Å²) in [4.78, 5) is 26.7. The molecule has 2 aliphatic heterocycles. The molecule has 1 aromatic carbocycles. The van der Waals surface area contributed by atoms with Crippen LogP contribution in [-0.4, -0.2) is 70.0 Å². The molecule has 0 bridgehead atoms. The highest BCUT2D eigenvalue weighted by Crippen LogP contribution is 2.43. The Hall–Kier alpha value is -2.92. The number of piperazine rings is 1. The molecule has 5 rings (SSSR count). The monoisotopic (exact) mass is 533 g/mol. The summed E-state index contributed by atoms with van der Waals surface area (Å²) in [5.41, 5.74) is 2.21. The van der Waals surface area contributed by atoms with E-state index in [9.17, 15) is 23.1 Å². The second-order valence-electron chi connectivity index (χ2n) is 11.2. The number of hydrogen-bond donors (Lipinski definition) is 2. The van der Waals surface area contributed by atoms with E-state index in [0.717, 1.165) is 24.2 Å². The molecule has 0 saturated carbocycles. The third kappa shape index (κ3) is 5.44. The Morgan fingerprint density at radius 2 is 1.84 bits per heavy atom. The van der Waals surface area contributed by atoms with E-state index in [1.807, 2.05) is 4.90 Å². The van der Waals surface area contributed by atoms with Gasteiger partial charge in [-0.25, -0.2) is 9.97 Å². The standard InChI is InChI=1S/C27H34F3N5O3/c1-16-14-20(36)23-21(16)24(32-15-31-23)34-10-12-35(13-11-34)25(37)22(19-8-9-26(2,3)33-19)17-4-6-18(7-5-17)38-27(28,29)30/h4-7,15-16,19-20,22,33,36H,8-14H2,1-3H3/t16-,19+,20-,22+/m1/s1. The highest BCUT2D eigenvalue weighted by atomic mass is 19.4. The zero-order valence-electron chi connectivity index (χ0n) is 21.8. The van der Waals surface area contributed by atoms with Gasteiger partial charge in [0.15, 0.2) is 0 Å². The van der Waals surface area contributed by atoms with Gasteiger partial charge in [-0.15, -0.1) is 13.2 Å². The van der Waals surface area contributed by atoms with Gasteiger partial charge in [-0.2, -0.15) is 0 Å². The van der Waals surface area contributed by atoms with Crippen molar-refractivity contribution in [3.63, 3.8) is 0 Å². The second kappa shape index (κ2) is 10.00.